The summed E-state index contributed by atoms with van der Waals surface area (Å²) in [5, 5.41) is 3.54. The van der Waals surface area contributed by atoms with Crippen LogP contribution in [0.4, 0.5) is 0 Å². The minimum atomic E-state index is 0.424. The van der Waals surface area contributed by atoms with Crippen LogP contribution in [0.3, 0.4) is 0 Å². The van der Waals surface area contributed by atoms with E-state index in [1.54, 1.807) is 0 Å². The first-order valence-electron chi connectivity index (χ1n) is 6.84. The predicted octanol–water partition coefficient (Wildman–Crippen LogP) is 4.31. The first-order valence-corrected chi connectivity index (χ1v) is 7.63. The van der Waals surface area contributed by atoms with Gasteiger partial charge >= 0.3 is 0 Å². The number of unbranched alkanes of at least 4 members (excludes halogenated alkanes) is 1. The van der Waals surface area contributed by atoms with E-state index in [1.165, 1.54) is 12.0 Å². The first kappa shape index (κ1) is 15.7. The van der Waals surface area contributed by atoms with Gasteiger partial charge in [0.2, 0.25) is 0 Å². The average molecular weight is 314 g/mol. The second-order valence-electron chi connectivity index (χ2n) is 4.43. The van der Waals surface area contributed by atoms with E-state index in [0.717, 1.165) is 37.1 Å². The van der Waals surface area contributed by atoms with Crippen molar-refractivity contribution < 1.29 is 4.74 Å². The normalized spacial score (nSPS) is 12.6. The Morgan fingerprint density at radius 2 is 1.89 bits per heavy atom. The van der Waals surface area contributed by atoms with Crippen LogP contribution in [0.15, 0.2) is 28.7 Å². The molecule has 0 aromatic heterocycles. The van der Waals surface area contributed by atoms with Gasteiger partial charge in [0, 0.05) is 23.7 Å². The third-order valence-corrected chi connectivity index (χ3v) is 3.49. The monoisotopic (exact) mass is 313 g/mol. The molecule has 0 spiro atoms. The Balaban J connectivity index is 2.27. The maximum atomic E-state index is 5.55. The zero-order chi connectivity index (χ0) is 13.2. The molecule has 1 atom stereocenters. The fourth-order valence-corrected chi connectivity index (χ4v) is 2.11. The van der Waals surface area contributed by atoms with E-state index in [-0.39, 0.29) is 0 Å². The van der Waals surface area contributed by atoms with E-state index in [9.17, 15) is 0 Å². The summed E-state index contributed by atoms with van der Waals surface area (Å²) >= 11 is 3.46. The maximum absolute atomic E-state index is 5.55. The highest BCUT2D eigenvalue weighted by molar-refractivity contribution is 9.10. The Morgan fingerprint density at radius 3 is 2.50 bits per heavy atom. The van der Waals surface area contributed by atoms with Crippen LogP contribution in [-0.2, 0) is 4.74 Å². The summed E-state index contributed by atoms with van der Waals surface area (Å²) in [5.41, 5.74) is 1.34. The molecule has 102 valence electrons. The summed E-state index contributed by atoms with van der Waals surface area (Å²) in [6.07, 6.45) is 3.45. The Bertz CT molecular complexity index is 313. The van der Waals surface area contributed by atoms with Gasteiger partial charge in [0.15, 0.2) is 0 Å². The summed E-state index contributed by atoms with van der Waals surface area (Å²) in [7, 11) is 0. The molecular weight excluding hydrogens is 290 g/mol. The summed E-state index contributed by atoms with van der Waals surface area (Å²) in [5.74, 6) is 0. The molecule has 0 aliphatic rings. The van der Waals surface area contributed by atoms with Gasteiger partial charge in [-0.1, -0.05) is 48.3 Å². The van der Waals surface area contributed by atoms with Crippen LogP contribution in [-0.4, -0.2) is 19.8 Å². The van der Waals surface area contributed by atoms with Crippen molar-refractivity contribution >= 4 is 15.9 Å². The molecule has 1 unspecified atom stereocenters. The maximum Gasteiger partial charge on any atom is 0.0591 e. The Kier molecular flexibility index (Phi) is 8.31. The highest BCUT2D eigenvalue weighted by Crippen LogP contribution is 2.19. The van der Waals surface area contributed by atoms with Crippen LogP contribution in [0, 0.1) is 0 Å². The fourth-order valence-electron chi connectivity index (χ4n) is 1.85. The standard InChI is InChI=1S/C15H24BrNO/c1-3-5-11-18-12-10-17-15(4-2)13-6-8-14(16)9-7-13/h6-9,15,17H,3-5,10-12H2,1-2H3. The lowest BCUT2D eigenvalue weighted by molar-refractivity contribution is 0.130. The van der Waals surface area contributed by atoms with Gasteiger partial charge in [-0.05, 0) is 30.5 Å². The average Bonchev–Trinajstić information content (AvgIpc) is 2.39. The van der Waals surface area contributed by atoms with Crippen molar-refractivity contribution in [2.75, 3.05) is 19.8 Å². The highest BCUT2D eigenvalue weighted by atomic mass is 79.9. The van der Waals surface area contributed by atoms with Crippen molar-refractivity contribution in [3.05, 3.63) is 34.3 Å². The molecule has 2 nitrogen and oxygen atoms in total. The number of hydrogen-bond donors (Lipinski definition) is 1. The van der Waals surface area contributed by atoms with E-state index < -0.39 is 0 Å². The molecule has 1 rings (SSSR count). The van der Waals surface area contributed by atoms with Gasteiger partial charge in [0.1, 0.15) is 0 Å². The minimum absolute atomic E-state index is 0.424. The van der Waals surface area contributed by atoms with Gasteiger partial charge in [-0.3, -0.25) is 0 Å². The van der Waals surface area contributed by atoms with Gasteiger partial charge in [-0.25, -0.2) is 0 Å². The molecule has 1 N–H and O–H groups in total. The SMILES string of the molecule is CCCCOCCNC(CC)c1ccc(Br)cc1. The largest absolute Gasteiger partial charge is 0.380 e. The van der Waals surface area contributed by atoms with Gasteiger partial charge in [0.05, 0.1) is 6.61 Å². The van der Waals surface area contributed by atoms with E-state index in [0.29, 0.717) is 6.04 Å². The molecule has 0 saturated heterocycles. The van der Waals surface area contributed by atoms with Crippen molar-refractivity contribution in [3.8, 4) is 0 Å². The lowest BCUT2D eigenvalue weighted by Crippen LogP contribution is -2.25. The van der Waals surface area contributed by atoms with Crippen molar-refractivity contribution in [2.24, 2.45) is 0 Å². The Labute approximate surface area is 119 Å². The molecular formula is C15H24BrNO. The van der Waals surface area contributed by atoms with Gasteiger partial charge in [-0.2, -0.15) is 0 Å². The zero-order valence-electron chi connectivity index (χ0n) is 11.4. The Hall–Kier alpha value is -0.380. The molecule has 0 amide bonds. The van der Waals surface area contributed by atoms with Crippen LogP contribution in [0.1, 0.15) is 44.7 Å². The van der Waals surface area contributed by atoms with Crippen LogP contribution in [0.25, 0.3) is 0 Å². The van der Waals surface area contributed by atoms with E-state index in [1.807, 2.05) is 0 Å². The van der Waals surface area contributed by atoms with Crippen LogP contribution in [0.2, 0.25) is 0 Å². The van der Waals surface area contributed by atoms with E-state index >= 15 is 0 Å². The summed E-state index contributed by atoms with van der Waals surface area (Å²) < 4.78 is 6.68. The number of ether oxygens (including phenoxy) is 1. The Morgan fingerprint density at radius 1 is 1.17 bits per heavy atom. The van der Waals surface area contributed by atoms with Crippen molar-refractivity contribution in [3.63, 3.8) is 0 Å². The molecule has 1 aromatic carbocycles. The summed E-state index contributed by atoms with van der Waals surface area (Å²) in [6.45, 7) is 6.98. The molecule has 0 aliphatic carbocycles. The lowest BCUT2D eigenvalue weighted by atomic mass is 10.1. The van der Waals surface area contributed by atoms with Gasteiger partial charge in [-0.15, -0.1) is 0 Å². The predicted molar refractivity (Wildman–Crippen MR) is 80.9 cm³/mol. The molecule has 0 fully saturated rings. The van der Waals surface area contributed by atoms with Crippen molar-refractivity contribution in [2.45, 2.75) is 39.2 Å². The number of halogens is 1. The molecule has 0 heterocycles. The van der Waals surface area contributed by atoms with Crippen LogP contribution in [0.5, 0.6) is 0 Å². The third-order valence-electron chi connectivity index (χ3n) is 2.96. The smallest absolute Gasteiger partial charge is 0.0591 e. The molecule has 3 heteroatoms. The van der Waals surface area contributed by atoms with Crippen molar-refractivity contribution in [1.82, 2.24) is 5.32 Å². The fraction of sp³-hybridized carbons (Fsp3) is 0.600. The molecule has 0 saturated carbocycles. The third kappa shape index (κ3) is 5.98. The molecule has 0 bridgehead atoms. The second kappa shape index (κ2) is 9.54. The van der Waals surface area contributed by atoms with Gasteiger partial charge < -0.3 is 10.1 Å². The van der Waals surface area contributed by atoms with Gasteiger partial charge in [0.25, 0.3) is 0 Å². The number of benzene rings is 1. The van der Waals surface area contributed by atoms with Crippen molar-refractivity contribution in [1.29, 1.82) is 0 Å². The zero-order valence-corrected chi connectivity index (χ0v) is 13.0. The first-order chi connectivity index (χ1) is 8.77. The van der Waals surface area contributed by atoms with E-state index in [2.05, 4.69) is 59.4 Å². The highest BCUT2D eigenvalue weighted by Gasteiger charge is 2.07. The van der Waals surface area contributed by atoms with E-state index in [4.69, 9.17) is 4.74 Å². The molecule has 0 aliphatic heterocycles. The quantitative estimate of drug-likeness (QED) is 0.686. The second-order valence-corrected chi connectivity index (χ2v) is 5.35. The van der Waals surface area contributed by atoms with Crippen LogP contribution < -0.4 is 5.32 Å². The molecule has 1 aromatic rings. The number of rotatable bonds is 9. The van der Waals surface area contributed by atoms with Crippen LogP contribution >= 0.6 is 15.9 Å². The topological polar surface area (TPSA) is 21.3 Å². The molecule has 0 radical (unpaired) electrons. The summed E-state index contributed by atoms with van der Waals surface area (Å²) in [6, 6.07) is 8.95. The lowest BCUT2D eigenvalue weighted by Gasteiger charge is -2.17. The molecule has 18 heavy (non-hydrogen) atoms. The summed E-state index contributed by atoms with van der Waals surface area (Å²) in [4.78, 5) is 0. The number of nitrogens with one attached hydrogen (secondary N) is 1. The number of hydrogen-bond acceptors (Lipinski definition) is 2. The minimum Gasteiger partial charge on any atom is -0.380 e.